The summed E-state index contributed by atoms with van der Waals surface area (Å²) in [6.07, 6.45) is 34.7. The number of carbonyl (C=O) groups excluding carboxylic acids is 1. The normalized spacial score (nSPS) is 13.6. The number of carboxylic acid groups (broad SMARTS) is 1. The molecule has 0 aliphatic carbocycles. The van der Waals surface area contributed by atoms with Gasteiger partial charge < -0.3 is 14.3 Å². The maximum absolute atomic E-state index is 12.1. The fraction of sp³-hybridized carbons (Fsp3) is 0.625. The molecule has 0 saturated carbocycles. The van der Waals surface area contributed by atoms with Crippen LogP contribution in [0.15, 0.2) is 60.8 Å². The third kappa shape index (κ3) is 28.0. The van der Waals surface area contributed by atoms with Gasteiger partial charge in [0.1, 0.15) is 6.54 Å². The van der Waals surface area contributed by atoms with Crippen LogP contribution in [0.3, 0.4) is 0 Å². The fourth-order valence-corrected chi connectivity index (χ4v) is 3.80. The van der Waals surface area contributed by atoms with Crippen molar-refractivity contribution in [2.45, 2.75) is 103 Å². The van der Waals surface area contributed by atoms with Crippen LogP contribution in [0.2, 0.25) is 0 Å². The number of nitrogens with zero attached hydrogens (tertiary/aromatic N) is 1. The first-order valence-corrected chi connectivity index (χ1v) is 14.2. The van der Waals surface area contributed by atoms with Gasteiger partial charge in [-0.15, -0.1) is 0 Å². The van der Waals surface area contributed by atoms with Crippen LogP contribution in [0.4, 0.5) is 0 Å². The van der Waals surface area contributed by atoms with Crippen LogP contribution in [0, 0.1) is 0 Å². The van der Waals surface area contributed by atoms with Gasteiger partial charge in [0.15, 0.2) is 6.10 Å². The highest BCUT2D eigenvalue weighted by Crippen LogP contribution is 2.12. The van der Waals surface area contributed by atoms with Crippen molar-refractivity contribution in [2.75, 3.05) is 27.7 Å². The van der Waals surface area contributed by atoms with Crippen molar-refractivity contribution in [2.24, 2.45) is 0 Å². The number of hydrogen-bond donors (Lipinski definition) is 1. The summed E-state index contributed by atoms with van der Waals surface area (Å²) in [4.78, 5) is 23.1. The molecule has 1 N–H and O–H groups in total. The molecule has 0 heterocycles. The van der Waals surface area contributed by atoms with Gasteiger partial charge in [0.05, 0.1) is 27.6 Å². The Morgan fingerprint density at radius 3 is 1.65 bits per heavy atom. The first-order valence-electron chi connectivity index (χ1n) is 14.2. The summed E-state index contributed by atoms with van der Waals surface area (Å²) in [5.74, 6) is -1.21. The van der Waals surface area contributed by atoms with Crippen molar-refractivity contribution in [1.82, 2.24) is 0 Å². The van der Waals surface area contributed by atoms with Crippen LogP contribution < -0.4 is 0 Å². The van der Waals surface area contributed by atoms with Gasteiger partial charge in [-0.3, -0.25) is 9.59 Å². The Kier molecular flexibility index (Phi) is 22.4. The molecule has 0 rings (SSSR count). The third-order valence-corrected chi connectivity index (χ3v) is 5.61. The molecule has 0 aromatic heterocycles. The predicted octanol–water partition coefficient (Wildman–Crippen LogP) is 7.95. The van der Waals surface area contributed by atoms with Crippen LogP contribution in [0.25, 0.3) is 0 Å². The van der Waals surface area contributed by atoms with E-state index >= 15 is 0 Å². The first-order chi connectivity index (χ1) is 17.7. The highest BCUT2D eigenvalue weighted by Gasteiger charge is 2.24. The van der Waals surface area contributed by atoms with E-state index in [1.165, 1.54) is 19.3 Å². The number of allylic oxidation sites excluding steroid dienone is 10. The van der Waals surface area contributed by atoms with Crippen molar-refractivity contribution in [3.8, 4) is 0 Å². The molecule has 0 aromatic carbocycles. The molecule has 1 atom stereocenters. The SMILES string of the molecule is CC/C=C/C/C=C/C/C=C/C/C=C\C/C=C/CCCCCCCCC(=O)OC(CC(=O)O)C[N+](C)(C)C. The van der Waals surface area contributed by atoms with Gasteiger partial charge in [-0.05, 0) is 51.4 Å². The number of ether oxygens (including phenoxy) is 1. The van der Waals surface area contributed by atoms with Crippen molar-refractivity contribution in [3.63, 3.8) is 0 Å². The second-order valence-corrected chi connectivity index (χ2v) is 10.6. The lowest BCUT2D eigenvalue weighted by Gasteiger charge is -2.28. The standard InChI is InChI=1S/C32H53NO4/c1-5-6-7-8-9-10-11-12-13-14-15-16-17-18-19-20-21-22-23-24-25-26-27-32(36)37-30(28-31(34)35)29-33(2,3)4/h6-7,9-10,12-13,15-16,18-19,30H,5,8,11,14,17,20-29H2,1-4H3/p+1/b7-6+,10-9+,13-12+,16-15-,19-18+. The lowest BCUT2D eigenvalue weighted by molar-refractivity contribution is -0.873. The monoisotopic (exact) mass is 516 g/mol. The average Bonchev–Trinajstić information content (AvgIpc) is 2.80. The largest absolute Gasteiger partial charge is 0.481 e. The number of rotatable bonds is 23. The smallest absolute Gasteiger partial charge is 0.307 e. The Labute approximate surface area is 227 Å². The Morgan fingerprint density at radius 1 is 0.703 bits per heavy atom. The van der Waals surface area contributed by atoms with E-state index in [4.69, 9.17) is 9.84 Å². The maximum Gasteiger partial charge on any atom is 0.307 e. The van der Waals surface area contributed by atoms with E-state index in [0.717, 1.165) is 57.8 Å². The Morgan fingerprint density at radius 2 is 1.16 bits per heavy atom. The summed E-state index contributed by atoms with van der Waals surface area (Å²) in [6.45, 7) is 2.65. The molecule has 0 saturated heterocycles. The second-order valence-electron chi connectivity index (χ2n) is 10.6. The van der Waals surface area contributed by atoms with E-state index in [2.05, 4.69) is 67.7 Å². The number of carbonyl (C=O) groups is 2. The number of hydrogen-bond acceptors (Lipinski definition) is 3. The number of likely N-dealkylation sites (N-methyl/N-ethyl adjacent to an activating group) is 1. The molecule has 210 valence electrons. The van der Waals surface area contributed by atoms with Crippen LogP contribution >= 0.6 is 0 Å². The molecule has 0 bridgehead atoms. The number of esters is 1. The second kappa shape index (κ2) is 24.0. The number of carboxylic acids is 1. The summed E-state index contributed by atoms with van der Waals surface area (Å²) >= 11 is 0. The van der Waals surface area contributed by atoms with Gasteiger partial charge in [0.25, 0.3) is 0 Å². The van der Waals surface area contributed by atoms with Crippen LogP contribution in [0.5, 0.6) is 0 Å². The topological polar surface area (TPSA) is 63.6 Å². The zero-order chi connectivity index (χ0) is 27.6. The molecular weight excluding hydrogens is 462 g/mol. The van der Waals surface area contributed by atoms with E-state index in [9.17, 15) is 9.59 Å². The van der Waals surface area contributed by atoms with E-state index in [1.54, 1.807) is 0 Å². The highest BCUT2D eigenvalue weighted by molar-refractivity contribution is 5.71. The number of aliphatic carboxylic acids is 1. The van der Waals surface area contributed by atoms with Crippen molar-refractivity contribution in [3.05, 3.63) is 60.8 Å². The van der Waals surface area contributed by atoms with Gasteiger partial charge in [-0.25, -0.2) is 0 Å². The van der Waals surface area contributed by atoms with Crippen LogP contribution in [0.1, 0.15) is 96.8 Å². The minimum Gasteiger partial charge on any atom is -0.481 e. The molecule has 5 heteroatoms. The molecule has 0 aliphatic heterocycles. The third-order valence-electron chi connectivity index (χ3n) is 5.61. The number of quaternary nitrogens is 1. The Hall–Kier alpha value is -2.40. The minimum absolute atomic E-state index is 0.140. The zero-order valence-electron chi connectivity index (χ0n) is 24.1. The highest BCUT2D eigenvalue weighted by atomic mass is 16.5. The molecule has 5 nitrogen and oxygen atoms in total. The molecule has 0 aliphatic rings. The molecule has 0 aromatic rings. The van der Waals surface area contributed by atoms with Gasteiger partial charge >= 0.3 is 11.9 Å². The van der Waals surface area contributed by atoms with Crippen molar-refractivity contribution < 1.29 is 23.9 Å². The minimum atomic E-state index is -0.934. The van der Waals surface area contributed by atoms with E-state index in [1.807, 2.05) is 21.1 Å². The van der Waals surface area contributed by atoms with Crippen molar-refractivity contribution >= 4 is 11.9 Å². The van der Waals surface area contributed by atoms with E-state index in [-0.39, 0.29) is 12.4 Å². The summed E-state index contributed by atoms with van der Waals surface area (Å²) < 4.78 is 5.99. The van der Waals surface area contributed by atoms with Crippen LogP contribution in [-0.4, -0.2) is 55.3 Å². The lowest BCUT2D eigenvalue weighted by Crippen LogP contribution is -2.43. The number of unbranched alkanes of at least 4 members (excludes halogenated alkanes) is 6. The molecule has 0 amide bonds. The maximum atomic E-state index is 12.1. The summed E-state index contributed by atoms with van der Waals surface area (Å²) in [7, 11) is 5.89. The van der Waals surface area contributed by atoms with Gasteiger partial charge in [-0.1, -0.05) is 93.4 Å². The Bertz CT molecular complexity index is 726. The van der Waals surface area contributed by atoms with Crippen LogP contribution in [-0.2, 0) is 14.3 Å². The first kappa shape index (κ1) is 34.6. The quantitative estimate of drug-likeness (QED) is 0.0648. The zero-order valence-corrected chi connectivity index (χ0v) is 24.1. The fourth-order valence-electron chi connectivity index (χ4n) is 3.80. The molecule has 0 fully saturated rings. The molecule has 1 unspecified atom stereocenters. The summed E-state index contributed by atoms with van der Waals surface area (Å²) in [5.41, 5.74) is 0. The van der Waals surface area contributed by atoms with Crippen molar-refractivity contribution in [1.29, 1.82) is 0 Å². The molecule has 37 heavy (non-hydrogen) atoms. The van der Waals surface area contributed by atoms with E-state index < -0.39 is 12.1 Å². The predicted molar refractivity (Wildman–Crippen MR) is 156 cm³/mol. The Balaban J connectivity index is 3.67. The average molecular weight is 517 g/mol. The molecular formula is C32H54NO4+. The van der Waals surface area contributed by atoms with Gasteiger partial charge in [-0.2, -0.15) is 0 Å². The summed E-state index contributed by atoms with van der Waals surface area (Å²) in [5, 5.41) is 9.04. The molecule has 0 spiro atoms. The van der Waals surface area contributed by atoms with Gasteiger partial charge in [0, 0.05) is 6.42 Å². The van der Waals surface area contributed by atoms with E-state index in [0.29, 0.717) is 17.4 Å². The van der Waals surface area contributed by atoms with Gasteiger partial charge in [0.2, 0.25) is 0 Å². The summed E-state index contributed by atoms with van der Waals surface area (Å²) in [6, 6.07) is 0. The lowest BCUT2D eigenvalue weighted by atomic mass is 10.1. The molecule has 0 radical (unpaired) electrons.